The molecular formula is C25H54. The lowest BCUT2D eigenvalue weighted by Crippen LogP contribution is -1.84. The van der Waals surface area contributed by atoms with E-state index in [0.717, 1.165) is 0 Å². The SMILES string of the molecule is C.CCCCCCCCCCCCCCCCCCCCCCCC. The Labute approximate surface area is 163 Å². The summed E-state index contributed by atoms with van der Waals surface area (Å²) in [5.74, 6) is 0. The van der Waals surface area contributed by atoms with Crippen LogP contribution in [0.4, 0.5) is 0 Å². The van der Waals surface area contributed by atoms with Crippen molar-refractivity contribution in [1.82, 2.24) is 0 Å². The Morgan fingerprint density at radius 2 is 0.360 bits per heavy atom. The van der Waals surface area contributed by atoms with Gasteiger partial charge in [0.25, 0.3) is 0 Å². The predicted octanol–water partition coefficient (Wildman–Crippen LogP) is 10.2. The Balaban J connectivity index is 0. The van der Waals surface area contributed by atoms with Crippen molar-refractivity contribution in [3.63, 3.8) is 0 Å². The molecule has 0 atom stereocenters. The lowest BCUT2D eigenvalue weighted by Gasteiger charge is -2.04. The van der Waals surface area contributed by atoms with Gasteiger partial charge in [0.05, 0.1) is 0 Å². The van der Waals surface area contributed by atoms with Crippen molar-refractivity contribution in [3.05, 3.63) is 0 Å². The highest BCUT2D eigenvalue weighted by atomic mass is 14.0. The minimum atomic E-state index is 0. The number of hydrogen-bond acceptors (Lipinski definition) is 0. The van der Waals surface area contributed by atoms with E-state index in [4.69, 9.17) is 0 Å². The zero-order valence-corrected chi connectivity index (χ0v) is 17.6. The van der Waals surface area contributed by atoms with Crippen LogP contribution in [0.2, 0.25) is 0 Å². The molecule has 25 heavy (non-hydrogen) atoms. The topological polar surface area (TPSA) is 0 Å². The lowest BCUT2D eigenvalue weighted by molar-refractivity contribution is 0.520. The van der Waals surface area contributed by atoms with Crippen molar-refractivity contribution in [2.75, 3.05) is 0 Å². The van der Waals surface area contributed by atoms with Crippen LogP contribution in [0.25, 0.3) is 0 Å². The molecule has 0 N–H and O–H groups in total. The van der Waals surface area contributed by atoms with E-state index in [1.807, 2.05) is 0 Å². The van der Waals surface area contributed by atoms with Gasteiger partial charge in [0, 0.05) is 0 Å². The van der Waals surface area contributed by atoms with Crippen LogP contribution in [0.1, 0.15) is 163 Å². The summed E-state index contributed by atoms with van der Waals surface area (Å²) in [5.41, 5.74) is 0. The predicted molar refractivity (Wildman–Crippen MR) is 120 cm³/mol. The summed E-state index contributed by atoms with van der Waals surface area (Å²) in [6.45, 7) is 4.60. The maximum absolute atomic E-state index is 2.30. The number of rotatable bonds is 21. The highest BCUT2D eigenvalue weighted by Crippen LogP contribution is 2.15. The number of hydrogen-bond donors (Lipinski definition) is 0. The minimum absolute atomic E-state index is 0. The Morgan fingerprint density at radius 3 is 0.480 bits per heavy atom. The van der Waals surface area contributed by atoms with Crippen LogP contribution in [0.3, 0.4) is 0 Å². The molecule has 0 rings (SSSR count). The first-order valence-electron chi connectivity index (χ1n) is 11.9. The van der Waals surface area contributed by atoms with Gasteiger partial charge in [0.2, 0.25) is 0 Å². The number of unbranched alkanes of at least 4 members (excludes halogenated alkanes) is 21. The van der Waals surface area contributed by atoms with Gasteiger partial charge >= 0.3 is 0 Å². The lowest BCUT2D eigenvalue weighted by atomic mass is 10.0. The quantitative estimate of drug-likeness (QED) is 0.180. The molecule has 0 bridgehead atoms. The molecule has 0 saturated carbocycles. The van der Waals surface area contributed by atoms with Gasteiger partial charge in [-0.05, 0) is 0 Å². The van der Waals surface area contributed by atoms with Crippen LogP contribution in [-0.2, 0) is 0 Å². The maximum Gasteiger partial charge on any atom is -0.0533 e. The van der Waals surface area contributed by atoms with Gasteiger partial charge in [0.15, 0.2) is 0 Å². The maximum atomic E-state index is 2.30. The minimum Gasteiger partial charge on any atom is -0.0776 e. The first kappa shape index (κ1) is 27.2. The van der Waals surface area contributed by atoms with Crippen LogP contribution >= 0.6 is 0 Å². The molecule has 0 saturated heterocycles. The molecule has 0 fully saturated rings. The summed E-state index contributed by atoms with van der Waals surface area (Å²) >= 11 is 0. The fraction of sp³-hybridized carbons (Fsp3) is 1.00. The van der Waals surface area contributed by atoms with Crippen LogP contribution in [-0.4, -0.2) is 0 Å². The smallest absolute Gasteiger partial charge is 0.0533 e. The van der Waals surface area contributed by atoms with Crippen LogP contribution in [0, 0.1) is 0 Å². The van der Waals surface area contributed by atoms with Gasteiger partial charge < -0.3 is 0 Å². The molecule has 0 amide bonds. The average molecular weight is 355 g/mol. The highest BCUT2D eigenvalue weighted by Gasteiger charge is 1.95. The Kier molecular flexibility index (Phi) is 28.6. The average Bonchev–Trinajstić information content (AvgIpc) is 2.60. The summed E-state index contributed by atoms with van der Waals surface area (Å²) in [7, 11) is 0. The fourth-order valence-corrected chi connectivity index (χ4v) is 3.68. The van der Waals surface area contributed by atoms with E-state index < -0.39 is 0 Å². The third-order valence-corrected chi connectivity index (χ3v) is 5.46. The van der Waals surface area contributed by atoms with Crippen molar-refractivity contribution >= 4 is 0 Å². The summed E-state index contributed by atoms with van der Waals surface area (Å²) in [4.78, 5) is 0. The molecule has 0 aromatic carbocycles. The monoisotopic (exact) mass is 354 g/mol. The van der Waals surface area contributed by atoms with Gasteiger partial charge in [-0.25, -0.2) is 0 Å². The van der Waals surface area contributed by atoms with E-state index in [9.17, 15) is 0 Å². The Bertz CT molecular complexity index is 174. The van der Waals surface area contributed by atoms with E-state index in [2.05, 4.69) is 13.8 Å². The molecule has 0 aromatic heterocycles. The molecule has 0 radical (unpaired) electrons. The van der Waals surface area contributed by atoms with E-state index >= 15 is 0 Å². The molecule has 0 heterocycles. The summed E-state index contributed by atoms with van der Waals surface area (Å²) < 4.78 is 0. The summed E-state index contributed by atoms with van der Waals surface area (Å²) in [5, 5.41) is 0. The van der Waals surface area contributed by atoms with E-state index in [0.29, 0.717) is 0 Å². The molecule has 0 unspecified atom stereocenters. The molecule has 0 aliphatic heterocycles. The van der Waals surface area contributed by atoms with Gasteiger partial charge in [-0.3, -0.25) is 0 Å². The van der Waals surface area contributed by atoms with Gasteiger partial charge in [-0.15, -0.1) is 0 Å². The summed E-state index contributed by atoms with van der Waals surface area (Å²) in [6, 6.07) is 0. The van der Waals surface area contributed by atoms with Crippen molar-refractivity contribution in [3.8, 4) is 0 Å². The Morgan fingerprint density at radius 1 is 0.240 bits per heavy atom. The highest BCUT2D eigenvalue weighted by molar-refractivity contribution is 4.50. The van der Waals surface area contributed by atoms with Crippen molar-refractivity contribution in [1.29, 1.82) is 0 Å². The molecular weight excluding hydrogens is 300 g/mol. The molecule has 0 aliphatic rings. The zero-order valence-electron chi connectivity index (χ0n) is 17.6. The first-order valence-corrected chi connectivity index (χ1v) is 11.9. The fourth-order valence-electron chi connectivity index (χ4n) is 3.68. The second kappa shape index (κ2) is 26.2. The van der Waals surface area contributed by atoms with Gasteiger partial charge in [-0.1, -0.05) is 163 Å². The third-order valence-electron chi connectivity index (χ3n) is 5.46. The second-order valence-corrected chi connectivity index (χ2v) is 8.07. The molecule has 0 aromatic rings. The van der Waals surface area contributed by atoms with Gasteiger partial charge in [-0.2, -0.15) is 0 Å². The first-order chi connectivity index (χ1) is 11.9. The van der Waals surface area contributed by atoms with Crippen LogP contribution in [0.5, 0.6) is 0 Å². The van der Waals surface area contributed by atoms with Crippen molar-refractivity contribution < 1.29 is 0 Å². The van der Waals surface area contributed by atoms with E-state index in [-0.39, 0.29) is 7.43 Å². The molecule has 0 heteroatoms. The normalized spacial score (nSPS) is 10.8. The third kappa shape index (κ3) is 26.3. The van der Waals surface area contributed by atoms with Gasteiger partial charge in [0.1, 0.15) is 0 Å². The zero-order chi connectivity index (χ0) is 17.6. The standard InChI is InChI=1S/C24H50.CH4/c1-3-5-7-9-11-13-15-17-19-21-23-24-22-20-18-16-14-12-10-8-6-4-2;/h3-24H2,1-2H3;1H4. The van der Waals surface area contributed by atoms with E-state index in [1.165, 1.54) is 141 Å². The summed E-state index contributed by atoms with van der Waals surface area (Å²) in [6.07, 6.45) is 32.4. The molecule has 154 valence electrons. The Hall–Kier alpha value is 0. The second-order valence-electron chi connectivity index (χ2n) is 8.07. The van der Waals surface area contributed by atoms with Crippen LogP contribution < -0.4 is 0 Å². The van der Waals surface area contributed by atoms with Crippen molar-refractivity contribution in [2.24, 2.45) is 0 Å². The van der Waals surface area contributed by atoms with E-state index in [1.54, 1.807) is 0 Å². The van der Waals surface area contributed by atoms with Crippen LogP contribution in [0.15, 0.2) is 0 Å². The molecule has 0 nitrogen and oxygen atoms in total. The molecule has 0 spiro atoms. The molecule has 0 aliphatic carbocycles. The largest absolute Gasteiger partial charge is 0.0776 e. The van der Waals surface area contributed by atoms with Crippen molar-refractivity contribution in [2.45, 2.75) is 163 Å².